The zero-order chi connectivity index (χ0) is 23.4. The molecule has 9 nitrogen and oxygen atoms in total. The van der Waals surface area contributed by atoms with Crippen molar-refractivity contribution < 1.29 is 13.2 Å². The molecular weight excluding hydrogens is 466 g/mol. The van der Waals surface area contributed by atoms with E-state index in [0.717, 1.165) is 0 Å². The third-order valence-electron chi connectivity index (χ3n) is 5.50. The molecule has 2 aromatic carbocycles. The van der Waals surface area contributed by atoms with Crippen LogP contribution in [-0.4, -0.2) is 66.8 Å². The Balaban J connectivity index is 1.26. The van der Waals surface area contributed by atoms with E-state index < -0.39 is 10.0 Å². The number of nitrogens with zero attached hydrogens (tertiary/aromatic N) is 3. The van der Waals surface area contributed by atoms with E-state index in [1.165, 1.54) is 12.1 Å². The Kier molecular flexibility index (Phi) is 7.08. The summed E-state index contributed by atoms with van der Waals surface area (Å²) in [6.07, 6.45) is 0.0688. The maximum atomic E-state index is 12.5. The summed E-state index contributed by atoms with van der Waals surface area (Å²) in [6.45, 7) is 2.82. The van der Waals surface area contributed by atoms with Crippen molar-refractivity contribution in [3.05, 3.63) is 69.7 Å². The maximum absolute atomic E-state index is 12.5. The van der Waals surface area contributed by atoms with E-state index in [9.17, 15) is 18.0 Å². The third kappa shape index (κ3) is 5.77. The molecule has 1 fully saturated rings. The smallest absolute Gasteiger partial charge is 0.258 e. The molecule has 1 saturated heterocycles. The summed E-state index contributed by atoms with van der Waals surface area (Å²) in [7, 11) is -3.72. The number of rotatable bonds is 7. The lowest BCUT2D eigenvalue weighted by Gasteiger charge is -2.34. The molecule has 1 aliphatic heterocycles. The standard InChI is InChI=1S/C22H24ClN5O4S/c23-16-4-3-5-17(14-16)33(31,32)24-9-8-21(29)28-12-10-27(11-13-28)15-20-25-19-7-2-1-6-18(19)22(30)26-20/h1-7,14,24H,8-13,15H2,(H,25,26,30). The molecule has 33 heavy (non-hydrogen) atoms. The lowest BCUT2D eigenvalue weighted by atomic mass is 10.2. The van der Waals surface area contributed by atoms with E-state index in [1.807, 2.05) is 12.1 Å². The molecule has 1 amide bonds. The van der Waals surface area contributed by atoms with Crippen molar-refractivity contribution in [2.24, 2.45) is 0 Å². The first-order chi connectivity index (χ1) is 15.8. The Morgan fingerprint density at radius 2 is 1.85 bits per heavy atom. The Hall–Kier alpha value is -2.79. The van der Waals surface area contributed by atoms with Crippen molar-refractivity contribution in [1.82, 2.24) is 24.5 Å². The number of sulfonamides is 1. The van der Waals surface area contributed by atoms with Crippen LogP contribution in [0, 0.1) is 0 Å². The largest absolute Gasteiger partial charge is 0.340 e. The highest BCUT2D eigenvalue weighted by Gasteiger charge is 2.22. The van der Waals surface area contributed by atoms with Crippen LogP contribution in [0.1, 0.15) is 12.2 Å². The average molecular weight is 490 g/mol. The average Bonchev–Trinajstić information content (AvgIpc) is 2.79. The second kappa shape index (κ2) is 10.0. The molecule has 2 heterocycles. The molecule has 3 aromatic rings. The van der Waals surface area contributed by atoms with E-state index >= 15 is 0 Å². The minimum atomic E-state index is -3.72. The SMILES string of the molecule is O=C(CCNS(=O)(=O)c1cccc(Cl)c1)N1CCN(Cc2nc3ccccc3c(=O)[nH]2)CC1. The van der Waals surface area contributed by atoms with Crippen molar-refractivity contribution in [3.8, 4) is 0 Å². The van der Waals surface area contributed by atoms with Crippen molar-refractivity contribution in [2.45, 2.75) is 17.9 Å². The van der Waals surface area contributed by atoms with Crippen molar-refractivity contribution in [3.63, 3.8) is 0 Å². The number of amides is 1. The van der Waals surface area contributed by atoms with Gasteiger partial charge >= 0.3 is 0 Å². The number of hydrogen-bond donors (Lipinski definition) is 2. The molecule has 2 N–H and O–H groups in total. The molecular formula is C22H24ClN5O4S. The third-order valence-corrected chi connectivity index (χ3v) is 7.19. The van der Waals surface area contributed by atoms with Crippen LogP contribution in [0.15, 0.2) is 58.2 Å². The van der Waals surface area contributed by atoms with E-state index in [1.54, 1.807) is 29.2 Å². The second-order valence-corrected chi connectivity index (χ2v) is 10.00. The molecule has 0 radical (unpaired) electrons. The topological polar surface area (TPSA) is 115 Å². The van der Waals surface area contributed by atoms with Gasteiger partial charge in [0.2, 0.25) is 15.9 Å². The normalized spacial score (nSPS) is 15.1. The van der Waals surface area contributed by atoms with Gasteiger partial charge in [0.05, 0.1) is 22.3 Å². The van der Waals surface area contributed by atoms with Gasteiger partial charge in [-0.1, -0.05) is 29.8 Å². The van der Waals surface area contributed by atoms with E-state index in [4.69, 9.17) is 11.6 Å². The number of hydrogen-bond acceptors (Lipinski definition) is 6. The lowest BCUT2D eigenvalue weighted by Crippen LogP contribution is -2.49. The van der Waals surface area contributed by atoms with E-state index in [-0.39, 0.29) is 29.3 Å². The van der Waals surface area contributed by atoms with Gasteiger partial charge in [-0.15, -0.1) is 0 Å². The molecule has 0 spiro atoms. The maximum Gasteiger partial charge on any atom is 0.258 e. The quantitative estimate of drug-likeness (QED) is 0.520. The zero-order valence-electron chi connectivity index (χ0n) is 17.8. The molecule has 11 heteroatoms. The monoisotopic (exact) mass is 489 g/mol. The van der Waals surface area contributed by atoms with Gasteiger partial charge in [-0.3, -0.25) is 14.5 Å². The number of nitrogens with one attached hydrogen (secondary N) is 2. The van der Waals surface area contributed by atoms with Crippen LogP contribution < -0.4 is 10.3 Å². The number of carbonyl (C=O) groups is 1. The zero-order valence-corrected chi connectivity index (χ0v) is 19.4. The highest BCUT2D eigenvalue weighted by molar-refractivity contribution is 7.89. The summed E-state index contributed by atoms with van der Waals surface area (Å²) in [5, 5.41) is 0.887. The summed E-state index contributed by atoms with van der Waals surface area (Å²) in [5.74, 6) is 0.481. The molecule has 4 rings (SSSR count). The predicted octanol–water partition coefficient (Wildman–Crippen LogP) is 1.59. The van der Waals surface area contributed by atoms with E-state index in [0.29, 0.717) is 54.5 Å². The van der Waals surface area contributed by atoms with Gasteiger partial charge < -0.3 is 9.88 Å². The van der Waals surface area contributed by atoms with Crippen LogP contribution in [0.2, 0.25) is 5.02 Å². The predicted molar refractivity (Wildman–Crippen MR) is 125 cm³/mol. The fraction of sp³-hybridized carbons (Fsp3) is 0.318. The first-order valence-corrected chi connectivity index (χ1v) is 12.4. The number of aromatic nitrogens is 2. The van der Waals surface area contributed by atoms with Crippen molar-refractivity contribution >= 4 is 38.4 Å². The number of fused-ring (bicyclic) bond motifs is 1. The Morgan fingerprint density at radius 1 is 1.09 bits per heavy atom. The number of piperazine rings is 1. The molecule has 1 aromatic heterocycles. The van der Waals surface area contributed by atoms with Gasteiger partial charge in [0, 0.05) is 44.2 Å². The van der Waals surface area contributed by atoms with Gasteiger partial charge in [0.1, 0.15) is 5.82 Å². The molecule has 0 bridgehead atoms. The summed E-state index contributed by atoms with van der Waals surface area (Å²) < 4.78 is 27.1. The number of para-hydroxylation sites is 1. The fourth-order valence-corrected chi connectivity index (χ4v) is 5.08. The van der Waals surface area contributed by atoms with Crippen LogP contribution in [0.4, 0.5) is 0 Å². The van der Waals surface area contributed by atoms with Gasteiger partial charge in [-0.25, -0.2) is 18.1 Å². The Labute approximate surface area is 196 Å². The summed E-state index contributed by atoms with van der Waals surface area (Å²) in [6, 6.07) is 13.2. The van der Waals surface area contributed by atoms with Crippen molar-refractivity contribution in [1.29, 1.82) is 0 Å². The highest BCUT2D eigenvalue weighted by Crippen LogP contribution is 2.15. The molecule has 1 aliphatic rings. The number of halogens is 1. The molecule has 0 unspecified atom stereocenters. The van der Waals surface area contributed by atoms with Gasteiger partial charge in [-0.05, 0) is 30.3 Å². The Morgan fingerprint density at radius 3 is 2.61 bits per heavy atom. The van der Waals surface area contributed by atoms with Crippen LogP contribution in [0.5, 0.6) is 0 Å². The summed E-state index contributed by atoms with van der Waals surface area (Å²) in [4.78, 5) is 36.0. The van der Waals surface area contributed by atoms with Crippen molar-refractivity contribution in [2.75, 3.05) is 32.7 Å². The minimum absolute atomic E-state index is 0.0101. The molecule has 0 atom stereocenters. The van der Waals surface area contributed by atoms with Gasteiger partial charge in [0.15, 0.2) is 0 Å². The summed E-state index contributed by atoms with van der Waals surface area (Å²) in [5.41, 5.74) is 0.495. The fourth-order valence-electron chi connectivity index (χ4n) is 3.74. The number of carbonyl (C=O) groups excluding carboxylic acids is 1. The van der Waals surface area contributed by atoms with Crippen LogP contribution in [-0.2, 0) is 21.4 Å². The molecule has 174 valence electrons. The summed E-state index contributed by atoms with van der Waals surface area (Å²) >= 11 is 5.85. The van der Waals surface area contributed by atoms with Crippen LogP contribution >= 0.6 is 11.6 Å². The molecule has 0 aliphatic carbocycles. The Bertz CT molecular complexity index is 1320. The first-order valence-electron chi connectivity index (χ1n) is 10.6. The molecule has 0 saturated carbocycles. The number of benzene rings is 2. The van der Waals surface area contributed by atoms with Gasteiger partial charge in [0.25, 0.3) is 5.56 Å². The lowest BCUT2D eigenvalue weighted by molar-refractivity contribution is -0.132. The number of H-pyrrole nitrogens is 1. The highest BCUT2D eigenvalue weighted by atomic mass is 35.5. The van der Waals surface area contributed by atoms with Gasteiger partial charge in [-0.2, -0.15) is 0 Å². The number of aromatic amines is 1. The van der Waals surface area contributed by atoms with E-state index in [2.05, 4.69) is 19.6 Å². The second-order valence-electron chi connectivity index (χ2n) is 7.79. The van der Waals surface area contributed by atoms with Crippen LogP contribution in [0.3, 0.4) is 0 Å². The first kappa shape index (κ1) is 23.4. The minimum Gasteiger partial charge on any atom is -0.340 e. The van der Waals surface area contributed by atoms with Crippen LogP contribution in [0.25, 0.3) is 10.9 Å².